The summed E-state index contributed by atoms with van der Waals surface area (Å²) in [5.74, 6) is 2.63. The number of halogens is 2. The summed E-state index contributed by atoms with van der Waals surface area (Å²) in [6.07, 6.45) is 5.00. The molecule has 0 aliphatic heterocycles. The minimum Gasteiger partial charge on any atom is -0.229 e. The van der Waals surface area contributed by atoms with E-state index >= 15 is 0 Å². The van der Waals surface area contributed by atoms with E-state index in [9.17, 15) is 8.42 Å². The van der Waals surface area contributed by atoms with Crippen LogP contribution in [0.2, 0.25) is 0 Å². The Morgan fingerprint density at radius 3 is 1.79 bits per heavy atom. The second-order valence-corrected chi connectivity index (χ2v) is 6.71. The van der Waals surface area contributed by atoms with Crippen molar-refractivity contribution >= 4 is 44.8 Å². The Kier molecular flexibility index (Phi) is 14.8. The maximum Gasteiger partial charge on any atom is 0.147 e. The van der Waals surface area contributed by atoms with Gasteiger partial charge in [-0.3, -0.25) is 0 Å². The van der Waals surface area contributed by atoms with Crippen LogP contribution in [0.4, 0.5) is 0 Å². The van der Waals surface area contributed by atoms with Crippen LogP contribution in [-0.2, 0) is 9.84 Å². The normalized spacial score (nSPS) is 10.6. The first-order valence-electron chi connectivity index (χ1n) is 4.26. The third-order valence-electron chi connectivity index (χ3n) is 1.13. The molecule has 0 saturated carbocycles. The Morgan fingerprint density at radius 1 is 1.14 bits per heavy atom. The van der Waals surface area contributed by atoms with Gasteiger partial charge in [-0.05, 0) is 24.9 Å². The molecule has 0 N–H and O–H groups in total. The predicted molar refractivity (Wildman–Crippen MR) is 68.8 cm³/mol. The summed E-state index contributed by atoms with van der Waals surface area (Å²) in [4.78, 5) is 0. The minimum absolute atomic E-state index is 0.205. The summed E-state index contributed by atoms with van der Waals surface area (Å²) < 4.78 is 20.7. The molecule has 0 amide bonds. The summed E-state index contributed by atoms with van der Waals surface area (Å²) in [5, 5.41) is 0. The zero-order valence-electron chi connectivity index (χ0n) is 8.63. The maximum atomic E-state index is 10.3. The summed E-state index contributed by atoms with van der Waals surface area (Å²) in [6, 6.07) is 0. The molecule has 14 heavy (non-hydrogen) atoms. The second-order valence-electron chi connectivity index (χ2n) is 2.71. The molecule has 0 radical (unpaired) electrons. The van der Waals surface area contributed by atoms with E-state index in [1.54, 1.807) is 0 Å². The molecule has 0 aromatic heterocycles. The van der Waals surface area contributed by atoms with E-state index in [1.807, 2.05) is 11.8 Å². The summed E-state index contributed by atoms with van der Waals surface area (Å²) in [5.41, 5.74) is 0. The highest BCUT2D eigenvalue weighted by Crippen LogP contribution is 1.95. The van der Waals surface area contributed by atoms with Crippen molar-refractivity contribution in [1.29, 1.82) is 0 Å². The molecule has 6 heteroatoms. The molecular weight excluding hydrogens is 263 g/mol. The Bertz CT molecular complexity index is 190. The Hall–Kier alpha value is 0.880. The summed E-state index contributed by atoms with van der Waals surface area (Å²) in [6.45, 7) is 0. The van der Waals surface area contributed by atoms with Gasteiger partial charge in [0, 0.05) is 18.0 Å². The van der Waals surface area contributed by atoms with Crippen molar-refractivity contribution < 1.29 is 8.42 Å². The summed E-state index contributed by atoms with van der Waals surface area (Å²) in [7, 11) is -2.77. The second kappa shape index (κ2) is 12.0. The van der Waals surface area contributed by atoms with Crippen LogP contribution in [0.3, 0.4) is 0 Å². The van der Waals surface area contributed by atoms with Crippen LogP contribution in [-0.4, -0.2) is 44.2 Å². The number of hydrogen-bond acceptors (Lipinski definition) is 3. The topological polar surface area (TPSA) is 34.1 Å². The van der Waals surface area contributed by atoms with Crippen LogP contribution in [0.5, 0.6) is 0 Å². The first kappa shape index (κ1) is 17.3. The fraction of sp³-hybridized carbons (Fsp3) is 1.00. The smallest absolute Gasteiger partial charge is 0.147 e. The lowest BCUT2D eigenvalue weighted by atomic mass is 10.6. The first-order chi connectivity index (χ1) is 6.47. The Morgan fingerprint density at radius 2 is 1.64 bits per heavy atom. The highest BCUT2D eigenvalue weighted by Gasteiger charge is 1.98. The van der Waals surface area contributed by atoms with E-state index in [1.165, 1.54) is 12.0 Å². The van der Waals surface area contributed by atoms with Crippen molar-refractivity contribution in [2.45, 2.75) is 12.8 Å². The van der Waals surface area contributed by atoms with Crippen molar-refractivity contribution in [3.05, 3.63) is 0 Å². The standard InChI is InChI=1S/C4H9ClO2S.C4H9ClS/c1-8(6,7)4-2-3-5;1-6-4-2-3-5/h2-4H2,1H3;2-4H2,1H3. The van der Waals surface area contributed by atoms with Crippen molar-refractivity contribution in [1.82, 2.24) is 0 Å². The highest BCUT2D eigenvalue weighted by molar-refractivity contribution is 7.98. The average Bonchev–Trinajstić information content (AvgIpc) is 2.11. The zero-order valence-corrected chi connectivity index (χ0v) is 11.8. The van der Waals surface area contributed by atoms with Gasteiger partial charge < -0.3 is 0 Å². The third kappa shape index (κ3) is 23.1. The van der Waals surface area contributed by atoms with Gasteiger partial charge in [-0.15, -0.1) is 23.2 Å². The molecule has 0 heterocycles. The van der Waals surface area contributed by atoms with Crippen LogP contribution >= 0.6 is 35.0 Å². The molecule has 0 rings (SSSR count). The number of hydrogen-bond donors (Lipinski definition) is 0. The van der Waals surface area contributed by atoms with E-state index < -0.39 is 9.84 Å². The highest BCUT2D eigenvalue weighted by atomic mass is 35.5. The van der Waals surface area contributed by atoms with Gasteiger partial charge in [0.2, 0.25) is 0 Å². The van der Waals surface area contributed by atoms with Crippen LogP contribution in [0.1, 0.15) is 12.8 Å². The Labute approximate surface area is 102 Å². The molecule has 0 aliphatic rings. The van der Waals surface area contributed by atoms with Crippen LogP contribution in [0.15, 0.2) is 0 Å². The van der Waals surface area contributed by atoms with Gasteiger partial charge in [-0.1, -0.05) is 0 Å². The SMILES string of the molecule is CS(=O)(=O)CCCCl.CSCCCCl. The number of alkyl halides is 2. The van der Waals surface area contributed by atoms with Crippen LogP contribution < -0.4 is 0 Å². The lowest BCUT2D eigenvalue weighted by Gasteiger charge is -1.90. The molecule has 0 aromatic carbocycles. The largest absolute Gasteiger partial charge is 0.229 e. The van der Waals surface area contributed by atoms with Gasteiger partial charge in [0.1, 0.15) is 9.84 Å². The molecule has 0 aromatic rings. The van der Waals surface area contributed by atoms with Gasteiger partial charge in [0.15, 0.2) is 0 Å². The lowest BCUT2D eigenvalue weighted by Crippen LogP contribution is -2.02. The summed E-state index contributed by atoms with van der Waals surface area (Å²) >= 11 is 12.5. The number of sulfone groups is 1. The van der Waals surface area contributed by atoms with Crippen LogP contribution in [0.25, 0.3) is 0 Å². The molecule has 0 unspecified atom stereocenters. The van der Waals surface area contributed by atoms with Gasteiger partial charge >= 0.3 is 0 Å². The van der Waals surface area contributed by atoms with E-state index in [2.05, 4.69) is 6.26 Å². The lowest BCUT2D eigenvalue weighted by molar-refractivity contribution is 0.600. The molecule has 0 atom stereocenters. The van der Waals surface area contributed by atoms with Gasteiger partial charge in [-0.2, -0.15) is 11.8 Å². The fourth-order valence-electron chi connectivity index (χ4n) is 0.516. The first-order valence-corrected chi connectivity index (χ1v) is 8.79. The fourth-order valence-corrected chi connectivity index (χ4v) is 2.20. The quantitative estimate of drug-likeness (QED) is 0.554. The van der Waals surface area contributed by atoms with Gasteiger partial charge in [0.25, 0.3) is 0 Å². The van der Waals surface area contributed by atoms with Gasteiger partial charge in [0.05, 0.1) is 5.75 Å². The molecule has 0 bridgehead atoms. The van der Waals surface area contributed by atoms with Crippen molar-refractivity contribution in [3.8, 4) is 0 Å². The van der Waals surface area contributed by atoms with E-state index in [0.717, 1.165) is 12.3 Å². The van der Waals surface area contributed by atoms with E-state index in [0.29, 0.717) is 12.3 Å². The molecule has 0 saturated heterocycles. The number of thioether (sulfide) groups is 1. The molecular formula is C8H18Cl2O2S2. The van der Waals surface area contributed by atoms with Gasteiger partial charge in [-0.25, -0.2) is 8.42 Å². The molecule has 0 fully saturated rings. The molecule has 0 spiro atoms. The van der Waals surface area contributed by atoms with Crippen molar-refractivity contribution in [2.75, 3.05) is 35.8 Å². The third-order valence-corrected chi connectivity index (χ3v) is 3.39. The minimum atomic E-state index is -2.77. The molecule has 88 valence electrons. The average molecular weight is 281 g/mol. The molecule has 0 aliphatic carbocycles. The van der Waals surface area contributed by atoms with E-state index in [-0.39, 0.29) is 5.75 Å². The zero-order chi connectivity index (χ0) is 11.4. The predicted octanol–water partition coefficient (Wildman–Crippen LogP) is 2.64. The Balaban J connectivity index is 0. The van der Waals surface area contributed by atoms with Crippen LogP contribution in [0, 0.1) is 0 Å². The maximum absolute atomic E-state index is 10.3. The van der Waals surface area contributed by atoms with E-state index in [4.69, 9.17) is 23.2 Å². The molecule has 2 nitrogen and oxygen atoms in total. The van der Waals surface area contributed by atoms with Crippen molar-refractivity contribution in [2.24, 2.45) is 0 Å². The number of rotatable bonds is 6. The monoisotopic (exact) mass is 280 g/mol. The van der Waals surface area contributed by atoms with Crippen molar-refractivity contribution in [3.63, 3.8) is 0 Å².